The Balaban J connectivity index is 2.06. The van der Waals surface area contributed by atoms with Crippen molar-refractivity contribution < 1.29 is 5.11 Å². The monoisotopic (exact) mass is 343 g/mol. The summed E-state index contributed by atoms with van der Waals surface area (Å²) in [5.41, 5.74) is 4.32. The van der Waals surface area contributed by atoms with Gasteiger partial charge in [0.1, 0.15) is 0 Å². The third kappa shape index (κ3) is 2.83. The van der Waals surface area contributed by atoms with Gasteiger partial charge in [0.15, 0.2) is 5.69 Å². The van der Waals surface area contributed by atoms with Crippen LogP contribution in [0.3, 0.4) is 0 Å². The van der Waals surface area contributed by atoms with Crippen LogP contribution in [0.2, 0.25) is 0 Å². The van der Waals surface area contributed by atoms with Crippen LogP contribution in [0.15, 0.2) is 51.1 Å². The van der Waals surface area contributed by atoms with Gasteiger partial charge in [-0.05, 0) is 55.3 Å². The second-order valence-electron chi connectivity index (χ2n) is 5.06. The summed E-state index contributed by atoms with van der Waals surface area (Å²) in [4.78, 5) is 2.89. The van der Waals surface area contributed by atoms with Gasteiger partial charge >= 0.3 is 0 Å². The summed E-state index contributed by atoms with van der Waals surface area (Å²) in [7, 11) is 0. The van der Waals surface area contributed by atoms with Gasteiger partial charge in [-0.3, -0.25) is 0 Å². The second kappa shape index (κ2) is 5.33. The number of nitrogens with one attached hydrogen (secondary N) is 1. The minimum atomic E-state index is 0.0243. The van der Waals surface area contributed by atoms with E-state index < -0.39 is 0 Å². The predicted octanol–water partition coefficient (Wildman–Crippen LogP) is 5.67. The zero-order valence-electron chi connectivity index (χ0n) is 11.7. The SMILES string of the molecule is Cc1cc(C)cc(N=Nc2c(O)[nH]c3ccc(Br)cc23)c1. The summed E-state index contributed by atoms with van der Waals surface area (Å²) in [6.45, 7) is 4.04. The van der Waals surface area contributed by atoms with Crippen LogP contribution >= 0.6 is 15.9 Å². The average molecular weight is 344 g/mol. The summed E-state index contributed by atoms with van der Waals surface area (Å²) in [6.07, 6.45) is 0. The molecular formula is C16H14BrN3O. The molecule has 0 unspecified atom stereocenters. The van der Waals surface area contributed by atoms with Crippen molar-refractivity contribution in [2.45, 2.75) is 13.8 Å². The van der Waals surface area contributed by atoms with E-state index >= 15 is 0 Å². The average Bonchev–Trinajstić information content (AvgIpc) is 2.70. The quantitative estimate of drug-likeness (QED) is 0.578. The fourth-order valence-corrected chi connectivity index (χ4v) is 2.71. The Kier molecular flexibility index (Phi) is 3.51. The maximum Gasteiger partial charge on any atom is 0.218 e. The highest BCUT2D eigenvalue weighted by molar-refractivity contribution is 9.10. The van der Waals surface area contributed by atoms with Gasteiger partial charge in [0, 0.05) is 9.86 Å². The van der Waals surface area contributed by atoms with Crippen molar-refractivity contribution in [3.05, 3.63) is 52.0 Å². The molecule has 3 rings (SSSR count). The fourth-order valence-electron chi connectivity index (χ4n) is 2.35. The molecule has 0 aliphatic carbocycles. The number of hydrogen-bond acceptors (Lipinski definition) is 3. The molecular weight excluding hydrogens is 330 g/mol. The summed E-state index contributed by atoms with van der Waals surface area (Å²) >= 11 is 3.42. The molecule has 1 heterocycles. The minimum absolute atomic E-state index is 0.0243. The molecule has 0 radical (unpaired) electrons. The van der Waals surface area contributed by atoms with Gasteiger partial charge in [-0.2, -0.15) is 5.11 Å². The van der Waals surface area contributed by atoms with Gasteiger partial charge in [-0.1, -0.05) is 22.0 Å². The van der Waals surface area contributed by atoms with Crippen molar-refractivity contribution in [1.29, 1.82) is 0 Å². The molecule has 106 valence electrons. The number of H-pyrrole nitrogens is 1. The topological polar surface area (TPSA) is 60.7 Å². The molecule has 0 amide bonds. The van der Waals surface area contributed by atoms with Gasteiger partial charge in [0.2, 0.25) is 5.88 Å². The van der Waals surface area contributed by atoms with E-state index in [9.17, 15) is 5.11 Å². The van der Waals surface area contributed by atoms with Gasteiger partial charge in [-0.25, -0.2) is 0 Å². The van der Waals surface area contributed by atoms with E-state index in [1.165, 1.54) is 0 Å². The van der Waals surface area contributed by atoms with Crippen LogP contribution in [0.5, 0.6) is 5.88 Å². The number of azo groups is 1. The number of rotatable bonds is 2. The van der Waals surface area contributed by atoms with E-state index in [2.05, 4.69) is 37.2 Å². The molecule has 0 bridgehead atoms. The third-order valence-electron chi connectivity index (χ3n) is 3.19. The van der Waals surface area contributed by atoms with Crippen molar-refractivity contribution in [1.82, 2.24) is 4.98 Å². The molecule has 0 saturated carbocycles. The lowest BCUT2D eigenvalue weighted by atomic mass is 10.1. The van der Waals surface area contributed by atoms with Gasteiger partial charge in [0.05, 0.1) is 11.2 Å². The van der Waals surface area contributed by atoms with Crippen LogP contribution in [0, 0.1) is 13.8 Å². The van der Waals surface area contributed by atoms with E-state index in [-0.39, 0.29) is 5.88 Å². The number of aromatic nitrogens is 1. The summed E-state index contributed by atoms with van der Waals surface area (Å²) in [5.74, 6) is 0.0243. The van der Waals surface area contributed by atoms with E-state index in [1.54, 1.807) is 0 Å². The Morgan fingerprint density at radius 3 is 2.43 bits per heavy atom. The molecule has 0 spiro atoms. The number of aryl methyl sites for hydroxylation is 2. The van der Waals surface area contributed by atoms with Crippen LogP contribution in [-0.2, 0) is 0 Å². The largest absolute Gasteiger partial charge is 0.493 e. The molecule has 0 atom stereocenters. The molecule has 0 fully saturated rings. The smallest absolute Gasteiger partial charge is 0.218 e. The van der Waals surface area contributed by atoms with E-state index in [0.29, 0.717) is 5.69 Å². The lowest BCUT2D eigenvalue weighted by molar-refractivity contribution is 0.459. The number of aromatic hydroxyl groups is 1. The Bertz CT molecular complexity index is 832. The van der Waals surface area contributed by atoms with Crippen molar-refractivity contribution in [2.24, 2.45) is 10.2 Å². The first-order chi connectivity index (χ1) is 10.0. The molecule has 0 aliphatic rings. The summed E-state index contributed by atoms with van der Waals surface area (Å²) < 4.78 is 0.928. The van der Waals surface area contributed by atoms with Crippen LogP contribution < -0.4 is 0 Å². The molecule has 2 N–H and O–H groups in total. The first kappa shape index (κ1) is 13.8. The third-order valence-corrected chi connectivity index (χ3v) is 3.68. The maximum atomic E-state index is 9.99. The van der Waals surface area contributed by atoms with Crippen molar-refractivity contribution >= 4 is 38.2 Å². The molecule has 3 aromatic rings. The molecule has 0 saturated heterocycles. The van der Waals surface area contributed by atoms with E-state index in [1.807, 2.05) is 44.2 Å². The first-order valence-corrected chi connectivity index (χ1v) is 7.32. The Morgan fingerprint density at radius 2 is 1.71 bits per heavy atom. The number of nitrogens with zero attached hydrogens (tertiary/aromatic N) is 2. The molecule has 1 aromatic heterocycles. The highest BCUT2D eigenvalue weighted by Crippen LogP contribution is 2.37. The van der Waals surface area contributed by atoms with Crippen molar-refractivity contribution in [2.75, 3.05) is 0 Å². The number of benzene rings is 2. The fraction of sp³-hybridized carbons (Fsp3) is 0.125. The maximum absolute atomic E-state index is 9.99. The molecule has 5 heteroatoms. The number of aromatic amines is 1. The number of fused-ring (bicyclic) bond motifs is 1. The Labute approximate surface area is 130 Å². The molecule has 0 aliphatic heterocycles. The second-order valence-corrected chi connectivity index (χ2v) is 5.97. The van der Waals surface area contributed by atoms with Crippen LogP contribution in [0.1, 0.15) is 11.1 Å². The normalized spacial score (nSPS) is 11.6. The summed E-state index contributed by atoms with van der Waals surface area (Å²) in [6, 6.07) is 11.7. The Morgan fingerprint density at radius 1 is 1.00 bits per heavy atom. The standard InChI is InChI=1S/C16H14BrN3O/c1-9-5-10(2)7-12(6-9)19-20-15-13-8-11(17)3-4-14(13)18-16(15)21/h3-8,18,21H,1-2H3. The van der Waals surface area contributed by atoms with E-state index in [4.69, 9.17) is 0 Å². The van der Waals surface area contributed by atoms with E-state index in [0.717, 1.165) is 32.2 Å². The van der Waals surface area contributed by atoms with Crippen LogP contribution in [0.4, 0.5) is 11.4 Å². The van der Waals surface area contributed by atoms with Crippen LogP contribution in [0.25, 0.3) is 10.9 Å². The Hall–Kier alpha value is -2.14. The van der Waals surface area contributed by atoms with Crippen molar-refractivity contribution in [3.8, 4) is 5.88 Å². The van der Waals surface area contributed by atoms with Gasteiger partial charge in [-0.15, -0.1) is 5.11 Å². The van der Waals surface area contributed by atoms with Crippen LogP contribution in [-0.4, -0.2) is 10.1 Å². The lowest BCUT2D eigenvalue weighted by Gasteiger charge is -1.98. The highest BCUT2D eigenvalue weighted by atomic mass is 79.9. The molecule has 21 heavy (non-hydrogen) atoms. The highest BCUT2D eigenvalue weighted by Gasteiger charge is 2.10. The van der Waals surface area contributed by atoms with Crippen molar-refractivity contribution in [3.63, 3.8) is 0 Å². The molecule has 2 aromatic carbocycles. The zero-order valence-corrected chi connectivity index (χ0v) is 13.3. The summed E-state index contributed by atoms with van der Waals surface area (Å²) in [5, 5.41) is 19.3. The van der Waals surface area contributed by atoms with Gasteiger partial charge in [0.25, 0.3) is 0 Å². The number of hydrogen-bond donors (Lipinski definition) is 2. The minimum Gasteiger partial charge on any atom is -0.493 e. The zero-order chi connectivity index (χ0) is 15.0. The first-order valence-electron chi connectivity index (χ1n) is 6.53. The lowest BCUT2D eigenvalue weighted by Crippen LogP contribution is -1.75. The predicted molar refractivity (Wildman–Crippen MR) is 87.8 cm³/mol. The molecule has 4 nitrogen and oxygen atoms in total. The number of halogens is 1. The van der Waals surface area contributed by atoms with Gasteiger partial charge < -0.3 is 10.1 Å².